The van der Waals surface area contributed by atoms with Crippen molar-refractivity contribution in [2.75, 3.05) is 19.2 Å². The van der Waals surface area contributed by atoms with Crippen molar-refractivity contribution in [1.29, 1.82) is 0 Å². The molecule has 0 saturated heterocycles. The second-order valence-electron chi connectivity index (χ2n) is 17.4. The molecule has 330 valence electrons. The molecule has 10 heteroatoms. The molecule has 0 spiro atoms. The summed E-state index contributed by atoms with van der Waals surface area (Å²) in [5, 5.41) is 0. The molecule has 4 heterocycles. The van der Waals surface area contributed by atoms with Crippen LogP contribution in [0.4, 0.5) is 45.6 Å². The van der Waals surface area contributed by atoms with Crippen molar-refractivity contribution in [3.63, 3.8) is 0 Å². The number of aromatic nitrogens is 3. The summed E-state index contributed by atoms with van der Waals surface area (Å²) in [6, 6.07) is 76.8. The Bertz CT molecular complexity index is 3440. The van der Waals surface area contributed by atoms with Crippen molar-refractivity contribution in [1.82, 2.24) is 9.55 Å². The van der Waals surface area contributed by atoms with Crippen LogP contribution >= 0.6 is 0 Å². The van der Waals surface area contributed by atoms with E-state index in [1.165, 1.54) is 33.2 Å². The number of para-hydroxylation sites is 5. The van der Waals surface area contributed by atoms with Crippen LogP contribution in [0.15, 0.2) is 200 Å². The van der Waals surface area contributed by atoms with E-state index in [1.807, 2.05) is 18.3 Å². The zero-order valence-corrected chi connectivity index (χ0v) is 40.4. The second-order valence-corrected chi connectivity index (χ2v) is 17.4. The molecule has 68 heavy (non-hydrogen) atoms. The zero-order chi connectivity index (χ0) is 45.2. The Labute approximate surface area is 413 Å². The van der Waals surface area contributed by atoms with Gasteiger partial charge in [-0.2, -0.15) is 24.3 Å². The average molecular weight is 1060 g/mol. The minimum atomic E-state index is -0.282. The Morgan fingerprint density at radius 1 is 0.441 bits per heavy atom. The molecule has 0 unspecified atom stereocenters. The third-order valence-corrected chi connectivity index (χ3v) is 13.4. The summed E-state index contributed by atoms with van der Waals surface area (Å²) in [5.41, 5.74) is 18.4. The van der Waals surface area contributed by atoms with Crippen LogP contribution in [0.2, 0.25) is 0 Å². The van der Waals surface area contributed by atoms with E-state index in [9.17, 15) is 0 Å². The van der Waals surface area contributed by atoms with Gasteiger partial charge in [-0.1, -0.05) is 160 Å². The van der Waals surface area contributed by atoms with Crippen molar-refractivity contribution in [3.8, 4) is 11.4 Å². The molecule has 0 bridgehead atoms. The third-order valence-electron chi connectivity index (χ3n) is 13.4. The van der Waals surface area contributed by atoms with E-state index < -0.39 is 0 Å². The van der Waals surface area contributed by atoms with Crippen LogP contribution in [-0.4, -0.2) is 23.5 Å². The molecule has 0 saturated carbocycles. The largest absolute Gasteiger partial charge is 0.420 e. The van der Waals surface area contributed by atoms with Crippen LogP contribution in [0.25, 0.3) is 22.4 Å². The average Bonchev–Trinajstić information content (AvgIpc) is 4.03. The number of hydrogen-bond acceptors (Lipinski definition) is 5. The first-order valence-electron chi connectivity index (χ1n) is 22.9. The molecule has 2 aliphatic rings. The van der Waals surface area contributed by atoms with Gasteiger partial charge in [0.25, 0.3) is 6.33 Å². The number of imidazole rings is 1. The maximum atomic E-state index is 5.15. The first kappa shape index (κ1) is 43.0. The number of rotatable bonds is 8. The molecular formula is C58H45B2N7Pt-2. The molecule has 7 nitrogen and oxygen atoms in total. The van der Waals surface area contributed by atoms with Gasteiger partial charge in [0.1, 0.15) is 5.82 Å². The summed E-state index contributed by atoms with van der Waals surface area (Å²) in [6.07, 6.45) is 5.62. The van der Waals surface area contributed by atoms with Crippen LogP contribution < -0.4 is 34.7 Å². The van der Waals surface area contributed by atoms with Gasteiger partial charge in [0.2, 0.25) is 0 Å². The van der Waals surface area contributed by atoms with Crippen LogP contribution in [0.1, 0.15) is 22.3 Å². The van der Waals surface area contributed by atoms with E-state index in [0.29, 0.717) is 0 Å². The van der Waals surface area contributed by atoms with Gasteiger partial charge in [0.05, 0.1) is 22.4 Å². The van der Waals surface area contributed by atoms with E-state index in [4.69, 9.17) is 4.98 Å². The molecule has 0 amide bonds. The summed E-state index contributed by atoms with van der Waals surface area (Å²) < 4.78 is 4.27. The number of aryl methyl sites for hydroxylation is 4. The topological polar surface area (TPSA) is 34.7 Å². The Morgan fingerprint density at radius 2 is 0.971 bits per heavy atom. The number of benzene rings is 8. The number of anilines is 8. The van der Waals surface area contributed by atoms with Gasteiger partial charge < -0.3 is 23.8 Å². The van der Waals surface area contributed by atoms with Gasteiger partial charge in [0.15, 0.2) is 0 Å². The maximum absolute atomic E-state index is 5.15. The molecule has 0 radical (unpaired) electrons. The van der Waals surface area contributed by atoms with Crippen LogP contribution in [0.5, 0.6) is 0 Å². The Kier molecular flexibility index (Phi) is 11.1. The third kappa shape index (κ3) is 7.03. The van der Waals surface area contributed by atoms with Crippen molar-refractivity contribution < 1.29 is 25.6 Å². The van der Waals surface area contributed by atoms with Gasteiger partial charge >= 0.3 is 14.0 Å². The molecule has 0 atom stereocenters. The predicted molar refractivity (Wildman–Crippen MR) is 276 cm³/mol. The second kappa shape index (κ2) is 17.6. The van der Waals surface area contributed by atoms with Gasteiger partial charge in [-0.25, -0.2) is 4.98 Å². The molecule has 8 aromatic carbocycles. The fourth-order valence-corrected chi connectivity index (χ4v) is 10.4. The Balaban J connectivity index is 0.00000507. The molecule has 12 rings (SSSR count). The fourth-order valence-electron chi connectivity index (χ4n) is 10.4. The van der Waals surface area contributed by atoms with Crippen LogP contribution in [0, 0.1) is 46.2 Å². The van der Waals surface area contributed by atoms with Gasteiger partial charge in [-0.05, 0) is 92.8 Å². The van der Waals surface area contributed by atoms with Gasteiger partial charge in [0, 0.05) is 38.6 Å². The molecule has 0 N–H and O–H groups in total. The normalized spacial score (nSPS) is 13.0. The summed E-state index contributed by atoms with van der Waals surface area (Å²) in [4.78, 5) is 14.9. The van der Waals surface area contributed by atoms with Crippen molar-refractivity contribution in [2.45, 2.75) is 27.7 Å². The Hall–Kier alpha value is -7.60. The SMILES string of the molecule is Cc1cccc(C)c1B1N(c2[c-]c(N3B(c4c(C)cccc4C)N(c4ccccc4)c4cccnc43)ccc2)c2[c-]c(-n3[c-][n+](-c4ccccc4)c4ccccc43)ccc2N1c1ccccc1.[Pt]. The maximum Gasteiger partial charge on any atom is 0.420 e. The Morgan fingerprint density at radius 3 is 1.60 bits per heavy atom. The number of hydrogen-bond donors (Lipinski definition) is 0. The number of pyridine rings is 1. The minimum Gasteiger partial charge on any atom is -0.415 e. The van der Waals surface area contributed by atoms with Crippen molar-refractivity contribution >= 4 is 81.6 Å². The molecule has 0 aliphatic carbocycles. The predicted octanol–water partition coefficient (Wildman–Crippen LogP) is 11.3. The minimum absolute atomic E-state index is 0. The van der Waals surface area contributed by atoms with E-state index in [-0.39, 0.29) is 35.0 Å². The summed E-state index contributed by atoms with van der Waals surface area (Å²) >= 11 is 0. The first-order valence-corrected chi connectivity index (χ1v) is 22.9. The zero-order valence-electron chi connectivity index (χ0n) is 38.2. The van der Waals surface area contributed by atoms with E-state index >= 15 is 0 Å². The summed E-state index contributed by atoms with van der Waals surface area (Å²) in [7, 11) is 0. The monoisotopic (exact) mass is 1060 g/mol. The van der Waals surface area contributed by atoms with E-state index in [1.54, 1.807) is 0 Å². The molecular weight excluding hydrogens is 1010 g/mol. The number of nitrogens with zero attached hydrogens (tertiary/aromatic N) is 7. The molecule has 2 aromatic heterocycles. The van der Waals surface area contributed by atoms with Crippen molar-refractivity contribution in [2.24, 2.45) is 0 Å². The molecule has 2 aliphatic heterocycles. The quantitative estimate of drug-likeness (QED) is 0.0861. The van der Waals surface area contributed by atoms with Crippen molar-refractivity contribution in [3.05, 3.63) is 241 Å². The summed E-state index contributed by atoms with van der Waals surface area (Å²) in [5.74, 6) is 0.877. The van der Waals surface area contributed by atoms with E-state index in [0.717, 1.165) is 68.0 Å². The van der Waals surface area contributed by atoms with E-state index in [2.05, 4.69) is 257 Å². The molecule has 10 aromatic rings. The molecule has 0 fully saturated rings. The van der Waals surface area contributed by atoms with Gasteiger partial charge in [-0.15, -0.1) is 18.2 Å². The number of fused-ring (bicyclic) bond motifs is 3. The van der Waals surface area contributed by atoms with Crippen LogP contribution in [0.3, 0.4) is 0 Å². The van der Waals surface area contributed by atoms with Crippen LogP contribution in [-0.2, 0) is 21.1 Å². The first-order chi connectivity index (χ1) is 32.9. The fraction of sp³-hybridized carbons (Fsp3) is 0.0690. The summed E-state index contributed by atoms with van der Waals surface area (Å²) in [6.45, 7) is 8.36. The standard InChI is InChI=1S/C58H45B2N7.Pt/c1-41-20-16-21-42(2)56(41)59-64(46-26-10-6-11-27-46)53-36-35-48(63-40-62(45-24-8-5-9-25-45)51-32-14-15-33-52(51)63)39-55(53)66(59)49-30-18-31-50(38-49)67-58-54(34-19-37-61-58)65(47-28-12-7-13-29-47)60(67)57-43(3)22-17-23-44(57)4;/h5-37H,1-4H3;/q-2;. The van der Waals surface area contributed by atoms with Gasteiger partial charge in [-0.3, -0.25) is 4.57 Å². The smallest absolute Gasteiger partial charge is 0.415 e.